The van der Waals surface area contributed by atoms with Gasteiger partial charge in [-0.05, 0) is 57.4 Å². The molecule has 140 valence electrons. The quantitative estimate of drug-likeness (QED) is 0.820. The Labute approximate surface area is 151 Å². The van der Waals surface area contributed by atoms with Gasteiger partial charge >= 0.3 is 0 Å². The Bertz CT molecular complexity index is 564. The van der Waals surface area contributed by atoms with Gasteiger partial charge in [-0.2, -0.15) is 0 Å². The summed E-state index contributed by atoms with van der Waals surface area (Å²) in [4.78, 5) is 5.15. The lowest BCUT2D eigenvalue weighted by atomic mass is 10.0. The number of fused-ring (bicyclic) bond motifs is 1. The van der Waals surface area contributed by atoms with Crippen LogP contribution in [0.1, 0.15) is 38.7 Å². The summed E-state index contributed by atoms with van der Waals surface area (Å²) < 4.78 is 11.3. The predicted molar refractivity (Wildman–Crippen MR) is 99.3 cm³/mol. The highest BCUT2D eigenvalue weighted by Gasteiger charge is 2.35. The molecule has 0 aliphatic carbocycles. The van der Waals surface area contributed by atoms with Crippen LogP contribution in [0.2, 0.25) is 0 Å². The monoisotopic (exact) mass is 348 g/mol. The van der Waals surface area contributed by atoms with Crippen LogP contribution in [0.5, 0.6) is 11.5 Å². The first-order valence-corrected chi connectivity index (χ1v) is 9.53. The molecule has 1 N–H and O–H groups in total. The molecule has 0 bridgehead atoms. The summed E-state index contributed by atoms with van der Waals surface area (Å²) >= 11 is 0. The molecule has 2 saturated heterocycles. The summed E-state index contributed by atoms with van der Waals surface area (Å²) in [7, 11) is 1.69. The molecule has 2 fully saturated rings. The molecule has 0 aromatic heterocycles. The minimum atomic E-state index is 0.129. The SMILES string of the molecule is COc1cc(CN2CC3CCCN3C[C@@H]2CCO)ccc1OC(C)C. The van der Waals surface area contributed by atoms with Crippen LogP contribution >= 0.6 is 0 Å². The van der Waals surface area contributed by atoms with Crippen LogP contribution in [0.3, 0.4) is 0 Å². The summed E-state index contributed by atoms with van der Waals surface area (Å²) in [5, 5.41) is 9.46. The number of piperazine rings is 1. The van der Waals surface area contributed by atoms with Gasteiger partial charge in [0.15, 0.2) is 11.5 Å². The van der Waals surface area contributed by atoms with Gasteiger partial charge in [0, 0.05) is 38.3 Å². The average molecular weight is 348 g/mol. The molecule has 0 radical (unpaired) electrons. The summed E-state index contributed by atoms with van der Waals surface area (Å²) in [6, 6.07) is 7.35. The number of methoxy groups -OCH3 is 1. The molecule has 5 heteroatoms. The van der Waals surface area contributed by atoms with Gasteiger partial charge in [0.25, 0.3) is 0 Å². The van der Waals surface area contributed by atoms with Crippen molar-refractivity contribution in [3.8, 4) is 11.5 Å². The molecule has 1 aromatic rings. The third-order valence-electron chi connectivity index (χ3n) is 5.34. The Balaban J connectivity index is 1.72. The minimum absolute atomic E-state index is 0.129. The van der Waals surface area contributed by atoms with E-state index < -0.39 is 0 Å². The first kappa shape index (κ1) is 18.5. The number of aliphatic hydroxyl groups excluding tert-OH is 1. The smallest absolute Gasteiger partial charge is 0.161 e. The highest BCUT2D eigenvalue weighted by Crippen LogP contribution is 2.31. The molecule has 2 aliphatic heterocycles. The fourth-order valence-electron chi connectivity index (χ4n) is 4.16. The highest BCUT2D eigenvalue weighted by molar-refractivity contribution is 5.43. The van der Waals surface area contributed by atoms with Crippen LogP contribution in [0.25, 0.3) is 0 Å². The third-order valence-corrected chi connectivity index (χ3v) is 5.34. The molecule has 5 nitrogen and oxygen atoms in total. The van der Waals surface area contributed by atoms with Gasteiger partial charge in [0.05, 0.1) is 13.2 Å². The normalized spacial score (nSPS) is 24.5. The third kappa shape index (κ3) is 4.46. The molecule has 0 spiro atoms. The van der Waals surface area contributed by atoms with Crippen molar-refractivity contribution in [2.75, 3.05) is 33.4 Å². The number of benzene rings is 1. The lowest BCUT2D eigenvalue weighted by molar-refractivity contribution is 0.0333. The second-order valence-corrected chi connectivity index (χ2v) is 7.54. The number of rotatable bonds is 7. The fourth-order valence-corrected chi connectivity index (χ4v) is 4.16. The van der Waals surface area contributed by atoms with Gasteiger partial charge in [-0.1, -0.05) is 6.07 Å². The molecule has 3 rings (SSSR count). The average Bonchev–Trinajstić information content (AvgIpc) is 3.03. The molecule has 2 aliphatic rings. The van der Waals surface area contributed by atoms with E-state index in [-0.39, 0.29) is 12.7 Å². The van der Waals surface area contributed by atoms with Gasteiger partial charge in [0.2, 0.25) is 0 Å². The van der Waals surface area contributed by atoms with E-state index in [0.29, 0.717) is 12.1 Å². The van der Waals surface area contributed by atoms with Crippen molar-refractivity contribution in [2.24, 2.45) is 0 Å². The zero-order valence-electron chi connectivity index (χ0n) is 15.8. The van der Waals surface area contributed by atoms with Crippen LogP contribution < -0.4 is 9.47 Å². The molecule has 2 heterocycles. The molecule has 0 saturated carbocycles. The van der Waals surface area contributed by atoms with Crippen molar-refractivity contribution in [3.05, 3.63) is 23.8 Å². The number of ether oxygens (including phenoxy) is 2. The molecular formula is C20H32N2O3. The maximum Gasteiger partial charge on any atom is 0.161 e. The van der Waals surface area contributed by atoms with E-state index in [1.165, 1.54) is 24.9 Å². The molecular weight excluding hydrogens is 316 g/mol. The number of hydrogen-bond acceptors (Lipinski definition) is 5. The molecule has 0 amide bonds. The molecule has 25 heavy (non-hydrogen) atoms. The number of hydrogen-bond donors (Lipinski definition) is 1. The summed E-state index contributed by atoms with van der Waals surface area (Å²) in [6.07, 6.45) is 3.57. The Morgan fingerprint density at radius 2 is 2.08 bits per heavy atom. The van der Waals surface area contributed by atoms with E-state index in [4.69, 9.17) is 9.47 Å². The highest BCUT2D eigenvalue weighted by atomic mass is 16.5. The van der Waals surface area contributed by atoms with E-state index in [1.54, 1.807) is 7.11 Å². The Morgan fingerprint density at radius 1 is 1.24 bits per heavy atom. The standard InChI is InChI=1S/C20H32N2O3/c1-15(2)25-19-7-6-16(11-20(19)24-3)12-22-14-17-5-4-9-21(17)13-18(22)8-10-23/h6-7,11,15,17-18,23H,4-5,8-10,12-14H2,1-3H3/t17?,18-/m0/s1. The van der Waals surface area contributed by atoms with Gasteiger partial charge in [-0.15, -0.1) is 0 Å². The fraction of sp³-hybridized carbons (Fsp3) is 0.700. The molecule has 1 unspecified atom stereocenters. The summed E-state index contributed by atoms with van der Waals surface area (Å²) in [5.74, 6) is 1.60. The van der Waals surface area contributed by atoms with Gasteiger partial charge < -0.3 is 14.6 Å². The van der Waals surface area contributed by atoms with Crippen LogP contribution in [-0.2, 0) is 6.54 Å². The minimum Gasteiger partial charge on any atom is -0.493 e. The largest absolute Gasteiger partial charge is 0.493 e. The maximum atomic E-state index is 9.46. The van der Waals surface area contributed by atoms with E-state index in [1.807, 2.05) is 19.9 Å². The van der Waals surface area contributed by atoms with E-state index in [0.717, 1.165) is 37.6 Å². The van der Waals surface area contributed by atoms with Crippen LogP contribution in [0, 0.1) is 0 Å². The second kappa shape index (κ2) is 8.39. The van der Waals surface area contributed by atoms with Crippen LogP contribution in [0.15, 0.2) is 18.2 Å². The second-order valence-electron chi connectivity index (χ2n) is 7.54. The number of aliphatic hydroxyl groups is 1. The van der Waals surface area contributed by atoms with Crippen LogP contribution in [0.4, 0.5) is 0 Å². The van der Waals surface area contributed by atoms with Crippen molar-refractivity contribution in [1.82, 2.24) is 9.80 Å². The zero-order valence-corrected chi connectivity index (χ0v) is 15.8. The molecule has 1 aromatic carbocycles. The Hall–Kier alpha value is -1.30. The van der Waals surface area contributed by atoms with Gasteiger partial charge in [-0.3, -0.25) is 9.80 Å². The van der Waals surface area contributed by atoms with Crippen molar-refractivity contribution in [2.45, 2.75) is 57.8 Å². The Morgan fingerprint density at radius 3 is 2.80 bits per heavy atom. The predicted octanol–water partition coefficient (Wildman–Crippen LogP) is 2.51. The van der Waals surface area contributed by atoms with Gasteiger partial charge in [-0.25, -0.2) is 0 Å². The summed E-state index contributed by atoms with van der Waals surface area (Å²) in [6.45, 7) is 8.59. The van der Waals surface area contributed by atoms with Crippen molar-refractivity contribution in [3.63, 3.8) is 0 Å². The van der Waals surface area contributed by atoms with Crippen LogP contribution in [-0.4, -0.2) is 66.4 Å². The van der Waals surface area contributed by atoms with E-state index >= 15 is 0 Å². The van der Waals surface area contributed by atoms with Gasteiger partial charge in [0.1, 0.15) is 0 Å². The Kier molecular flexibility index (Phi) is 6.20. The first-order chi connectivity index (χ1) is 12.1. The van der Waals surface area contributed by atoms with Crippen molar-refractivity contribution >= 4 is 0 Å². The van der Waals surface area contributed by atoms with Crippen molar-refractivity contribution in [1.29, 1.82) is 0 Å². The van der Waals surface area contributed by atoms with Crippen molar-refractivity contribution < 1.29 is 14.6 Å². The topological polar surface area (TPSA) is 45.2 Å². The number of nitrogens with zero attached hydrogens (tertiary/aromatic N) is 2. The summed E-state index contributed by atoms with van der Waals surface area (Å²) in [5.41, 5.74) is 1.24. The van der Waals surface area contributed by atoms with E-state index in [9.17, 15) is 5.11 Å². The lowest BCUT2D eigenvalue weighted by Crippen LogP contribution is -2.55. The zero-order chi connectivity index (χ0) is 17.8. The van der Waals surface area contributed by atoms with E-state index in [2.05, 4.69) is 21.9 Å². The molecule has 2 atom stereocenters. The lowest BCUT2D eigenvalue weighted by Gasteiger charge is -2.43. The maximum absolute atomic E-state index is 9.46. The first-order valence-electron chi connectivity index (χ1n) is 9.53.